The Hall–Kier alpha value is -0.640. The van der Waals surface area contributed by atoms with Crippen molar-refractivity contribution in [1.29, 1.82) is 0 Å². The summed E-state index contributed by atoms with van der Waals surface area (Å²) in [5, 5.41) is 11.3. The van der Waals surface area contributed by atoms with Crippen LogP contribution >= 0.6 is 58.0 Å². The Morgan fingerprint density at radius 3 is 2.15 bits per heavy atom. The number of rotatable bonds is 2. The van der Waals surface area contributed by atoms with Gasteiger partial charge in [0.1, 0.15) is 5.75 Å². The predicted octanol–water partition coefficient (Wildman–Crippen LogP) is 6.41. The van der Waals surface area contributed by atoms with Gasteiger partial charge in [-0.25, -0.2) is 0 Å². The number of hydrogen-bond donors (Lipinski definition) is 1. The second kappa shape index (κ2) is 6.42. The molecule has 2 rings (SSSR count). The van der Waals surface area contributed by atoms with Gasteiger partial charge < -0.3 is 5.11 Å². The summed E-state index contributed by atoms with van der Waals surface area (Å²) >= 11 is 29.4. The zero-order chi connectivity index (χ0) is 14.9. The fourth-order valence-electron chi connectivity index (χ4n) is 1.43. The molecule has 0 radical (unpaired) electrons. The molecule has 2 aromatic rings. The summed E-state index contributed by atoms with van der Waals surface area (Å²) in [6.07, 6.45) is 1.39. The van der Waals surface area contributed by atoms with Crippen molar-refractivity contribution in [2.45, 2.75) is 0 Å². The zero-order valence-electron chi connectivity index (χ0n) is 9.67. The molecular formula is C13H6Cl5NO. The van der Waals surface area contributed by atoms with E-state index in [2.05, 4.69) is 4.99 Å². The molecule has 0 aliphatic carbocycles. The van der Waals surface area contributed by atoms with E-state index in [1.165, 1.54) is 30.5 Å². The number of phenolic OH excluding ortho intramolecular Hbond substituents is 1. The highest BCUT2D eigenvalue weighted by atomic mass is 35.5. The second-order valence-electron chi connectivity index (χ2n) is 3.80. The lowest BCUT2D eigenvalue weighted by atomic mass is 10.2. The van der Waals surface area contributed by atoms with Gasteiger partial charge in [0.05, 0.1) is 25.8 Å². The fourth-order valence-corrected chi connectivity index (χ4v) is 2.53. The molecule has 0 aliphatic rings. The number of aromatic hydroxyl groups is 1. The molecule has 0 fully saturated rings. The Bertz CT molecular complexity index is 700. The average Bonchev–Trinajstić information content (AvgIpc) is 2.37. The Kier molecular flexibility index (Phi) is 5.05. The van der Waals surface area contributed by atoms with Crippen LogP contribution in [0.4, 0.5) is 5.69 Å². The molecule has 0 saturated heterocycles. The number of nitrogens with zero attached hydrogens (tertiary/aromatic N) is 1. The second-order valence-corrected chi connectivity index (χ2v) is 5.87. The van der Waals surface area contributed by atoms with E-state index in [-0.39, 0.29) is 10.8 Å². The largest absolute Gasteiger partial charge is 0.506 e. The van der Waals surface area contributed by atoms with Gasteiger partial charge in [0.2, 0.25) is 0 Å². The zero-order valence-corrected chi connectivity index (χ0v) is 13.5. The first-order chi connectivity index (χ1) is 9.38. The van der Waals surface area contributed by atoms with E-state index in [1.807, 2.05) is 0 Å². The van der Waals surface area contributed by atoms with Crippen molar-refractivity contribution in [1.82, 2.24) is 0 Å². The van der Waals surface area contributed by atoms with Crippen LogP contribution < -0.4 is 0 Å². The molecule has 0 spiro atoms. The molecule has 0 aromatic heterocycles. The van der Waals surface area contributed by atoms with Gasteiger partial charge in [-0.15, -0.1) is 0 Å². The van der Waals surface area contributed by atoms with Crippen LogP contribution in [0, 0.1) is 0 Å². The highest BCUT2D eigenvalue weighted by molar-refractivity contribution is 6.44. The van der Waals surface area contributed by atoms with Crippen molar-refractivity contribution in [3.05, 3.63) is 54.9 Å². The number of aliphatic imine (C=N–C) groups is 1. The molecular weight excluding hydrogens is 363 g/mol. The maximum atomic E-state index is 9.81. The van der Waals surface area contributed by atoms with Gasteiger partial charge in [-0.05, 0) is 24.3 Å². The summed E-state index contributed by atoms with van der Waals surface area (Å²) < 4.78 is 0. The maximum Gasteiger partial charge on any atom is 0.143 e. The van der Waals surface area contributed by atoms with Gasteiger partial charge in [0.15, 0.2) is 0 Å². The van der Waals surface area contributed by atoms with Crippen molar-refractivity contribution in [2.75, 3.05) is 0 Å². The SMILES string of the molecule is Oc1c(Cl)cc(Cl)cc1C=Nc1cc(Cl)c(Cl)cc1Cl. The summed E-state index contributed by atoms with van der Waals surface area (Å²) in [6, 6.07) is 5.97. The van der Waals surface area contributed by atoms with E-state index in [0.29, 0.717) is 31.3 Å². The summed E-state index contributed by atoms with van der Waals surface area (Å²) in [4.78, 5) is 4.14. The molecule has 0 bridgehead atoms. The van der Waals surface area contributed by atoms with Crippen LogP contribution in [-0.4, -0.2) is 11.3 Å². The molecule has 2 aromatic carbocycles. The number of halogens is 5. The lowest BCUT2D eigenvalue weighted by Crippen LogP contribution is -1.84. The molecule has 0 amide bonds. The Morgan fingerprint density at radius 2 is 1.45 bits per heavy atom. The normalized spacial score (nSPS) is 11.2. The lowest BCUT2D eigenvalue weighted by molar-refractivity contribution is 0.475. The fraction of sp³-hybridized carbons (Fsp3) is 0. The van der Waals surface area contributed by atoms with E-state index < -0.39 is 0 Å². The van der Waals surface area contributed by atoms with Crippen LogP contribution in [0.3, 0.4) is 0 Å². The molecule has 2 nitrogen and oxygen atoms in total. The smallest absolute Gasteiger partial charge is 0.143 e. The van der Waals surface area contributed by atoms with E-state index in [1.54, 1.807) is 0 Å². The molecule has 0 unspecified atom stereocenters. The quantitative estimate of drug-likeness (QED) is 0.481. The third kappa shape index (κ3) is 3.51. The van der Waals surface area contributed by atoms with Gasteiger partial charge in [0, 0.05) is 16.8 Å². The summed E-state index contributed by atoms with van der Waals surface area (Å²) in [6.45, 7) is 0. The van der Waals surface area contributed by atoms with Crippen molar-refractivity contribution >= 4 is 69.9 Å². The first-order valence-electron chi connectivity index (χ1n) is 5.25. The first-order valence-corrected chi connectivity index (χ1v) is 7.14. The lowest BCUT2D eigenvalue weighted by Gasteiger charge is -2.04. The molecule has 7 heteroatoms. The van der Waals surface area contributed by atoms with E-state index >= 15 is 0 Å². The Labute approximate surface area is 140 Å². The summed E-state index contributed by atoms with van der Waals surface area (Å²) in [5.74, 6) is -0.115. The monoisotopic (exact) mass is 367 g/mol. The van der Waals surface area contributed by atoms with Gasteiger partial charge in [-0.2, -0.15) is 0 Å². The van der Waals surface area contributed by atoms with Crippen LogP contribution in [0.2, 0.25) is 25.1 Å². The molecule has 20 heavy (non-hydrogen) atoms. The maximum absolute atomic E-state index is 9.81. The van der Waals surface area contributed by atoms with Gasteiger partial charge in [-0.3, -0.25) is 4.99 Å². The van der Waals surface area contributed by atoms with Crippen LogP contribution in [0.25, 0.3) is 0 Å². The minimum Gasteiger partial charge on any atom is -0.506 e. The number of hydrogen-bond acceptors (Lipinski definition) is 2. The topological polar surface area (TPSA) is 32.6 Å². The van der Waals surface area contributed by atoms with Gasteiger partial charge in [0.25, 0.3) is 0 Å². The minimum atomic E-state index is -0.115. The van der Waals surface area contributed by atoms with Crippen LogP contribution in [-0.2, 0) is 0 Å². The Balaban J connectivity index is 2.42. The van der Waals surface area contributed by atoms with Crippen molar-refractivity contribution in [2.24, 2.45) is 4.99 Å². The van der Waals surface area contributed by atoms with Gasteiger partial charge >= 0.3 is 0 Å². The van der Waals surface area contributed by atoms with Crippen LogP contribution in [0.5, 0.6) is 5.75 Å². The highest BCUT2D eigenvalue weighted by Crippen LogP contribution is 2.35. The van der Waals surface area contributed by atoms with Crippen molar-refractivity contribution in [3.8, 4) is 5.75 Å². The van der Waals surface area contributed by atoms with Crippen molar-refractivity contribution in [3.63, 3.8) is 0 Å². The summed E-state index contributed by atoms with van der Waals surface area (Å²) in [5.41, 5.74) is 0.779. The third-order valence-electron chi connectivity index (χ3n) is 2.39. The molecule has 0 saturated carbocycles. The van der Waals surface area contributed by atoms with Crippen molar-refractivity contribution < 1.29 is 5.11 Å². The first kappa shape index (κ1) is 15.7. The van der Waals surface area contributed by atoms with Gasteiger partial charge in [-0.1, -0.05) is 58.0 Å². The highest BCUT2D eigenvalue weighted by Gasteiger charge is 2.08. The van der Waals surface area contributed by atoms with E-state index in [4.69, 9.17) is 58.0 Å². The third-order valence-corrected chi connectivity index (χ3v) is 3.92. The van der Waals surface area contributed by atoms with Crippen LogP contribution in [0.15, 0.2) is 29.3 Å². The summed E-state index contributed by atoms with van der Waals surface area (Å²) in [7, 11) is 0. The standard InChI is InChI=1S/C13H6Cl5NO/c14-7-1-6(13(20)11(18)2-7)5-19-12-4-9(16)8(15)3-10(12)17/h1-5,20H. The molecule has 0 atom stereocenters. The predicted molar refractivity (Wildman–Crippen MR) is 86.9 cm³/mol. The Morgan fingerprint density at radius 1 is 0.800 bits per heavy atom. The molecule has 0 heterocycles. The number of benzene rings is 2. The molecule has 104 valence electrons. The average molecular weight is 369 g/mol. The minimum absolute atomic E-state index is 0.115. The molecule has 1 N–H and O–H groups in total. The van der Waals surface area contributed by atoms with Crippen LogP contribution in [0.1, 0.15) is 5.56 Å². The number of phenols is 1. The van der Waals surface area contributed by atoms with E-state index in [0.717, 1.165) is 0 Å². The molecule has 0 aliphatic heterocycles. The van der Waals surface area contributed by atoms with E-state index in [9.17, 15) is 5.11 Å².